The van der Waals surface area contributed by atoms with E-state index in [1.165, 1.54) is 0 Å². The molecule has 0 amide bonds. The number of H-pyrrole nitrogens is 1. The van der Waals surface area contributed by atoms with Crippen LogP contribution in [-0.4, -0.2) is 17.8 Å². The van der Waals surface area contributed by atoms with E-state index in [0.29, 0.717) is 0 Å². The second-order valence-corrected chi connectivity index (χ2v) is 4.29. The Hall–Kier alpha value is -1.77. The first-order valence-electron chi connectivity index (χ1n) is 5.29. The van der Waals surface area contributed by atoms with Crippen LogP contribution in [-0.2, 0) is 0 Å². The van der Waals surface area contributed by atoms with Crippen LogP contribution in [0.4, 0.5) is 0 Å². The highest BCUT2D eigenvalue weighted by Crippen LogP contribution is 2.25. The Kier molecular flexibility index (Phi) is 1.84. The van der Waals surface area contributed by atoms with Gasteiger partial charge in [-0.15, -0.1) is 0 Å². The second-order valence-electron chi connectivity index (χ2n) is 4.29. The van der Waals surface area contributed by atoms with Crippen molar-refractivity contribution in [3.05, 3.63) is 35.5 Å². The number of aromatic amines is 1. The summed E-state index contributed by atoms with van der Waals surface area (Å²) < 4.78 is 0. The van der Waals surface area contributed by atoms with E-state index in [0.717, 1.165) is 38.5 Å². The van der Waals surface area contributed by atoms with Crippen LogP contribution < -0.4 is 5.46 Å². The molecule has 1 N–H and O–H groups in total. The maximum absolute atomic E-state index is 5.88. The first-order valence-corrected chi connectivity index (χ1v) is 5.29. The molecule has 2 aromatic heterocycles. The molecule has 0 bridgehead atoms. The molecule has 2 heterocycles. The summed E-state index contributed by atoms with van der Waals surface area (Å²) in [5, 5.41) is 2.30. The number of nitrogens with one attached hydrogen (secondary N) is 1. The lowest BCUT2D eigenvalue weighted by Gasteiger charge is -1.99. The normalized spacial score (nSPS) is 11.4. The van der Waals surface area contributed by atoms with Gasteiger partial charge in [0.15, 0.2) is 0 Å². The molecule has 0 saturated heterocycles. The third-order valence-corrected chi connectivity index (χ3v) is 2.92. The lowest BCUT2D eigenvalue weighted by molar-refractivity contribution is 1.29. The minimum absolute atomic E-state index is 0.799. The maximum atomic E-state index is 5.88. The van der Waals surface area contributed by atoms with Crippen LogP contribution in [0.2, 0.25) is 0 Å². The van der Waals surface area contributed by atoms with Crippen molar-refractivity contribution in [1.29, 1.82) is 0 Å². The molecule has 0 spiro atoms. The molecule has 2 nitrogen and oxygen atoms in total. The molecule has 76 valence electrons. The predicted octanol–water partition coefficient (Wildman–Crippen LogP) is 2.13. The number of benzene rings is 1. The molecule has 16 heavy (non-hydrogen) atoms. The SMILES string of the molecule is [B]c1cc(C)c2[nH]c3ncc(C)cc3c2c1. The predicted molar refractivity (Wildman–Crippen MR) is 68.5 cm³/mol. The Morgan fingerprint density at radius 1 is 1.12 bits per heavy atom. The van der Waals surface area contributed by atoms with Crippen molar-refractivity contribution in [3.63, 3.8) is 0 Å². The number of hydrogen-bond donors (Lipinski definition) is 1. The average Bonchev–Trinajstić information content (AvgIpc) is 2.57. The highest BCUT2D eigenvalue weighted by molar-refractivity contribution is 6.34. The van der Waals surface area contributed by atoms with Gasteiger partial charge in [0.2, 0.25) is 0 Å². The topological polar surface area (TPSA) is 28.7 Å². The van der Waals surface area contributed by atoms with Gasteiger partial charge in [0.05, 0.1) is 5.52 Å². The number of aryl methyl sites for hydroxylation is 2. The van der Waals surface area contributed by atoms with Crippen LogP contribution in [0, 0.1) is 13.8 Å². The van der Waals surface area contributed by atoms with Gasteiger partial charge in [-0.3, -0.25) is 0 Å². The average molecular weight is 206 g/mol. The first kappa shape index (κ1) is 9.46. The molecule has 3 aromatic rings. The van der Waals surface area contributed by atoms with Gasteiger partial charge in [-0.2, -0.15) is 0 Å². The van der Waals surface area contributed by atoms with Gasteiger partial charge in [0.1, 0.15) is 13.5 Å². The van der Waals surface area contributed by atoms with Crippen LogP contribution in [0.25, 0.3) is 21.9 Å². The smallest absolute Gasteiger partial charge is 0.138 e. The zero-order valence-electron chi connectivity index (χ0n) is 9.33. The summed E-state index contributed by atoms with van der Waals surface area (Å²) in [6, 6.07) is 6.12. The number of fused-ring (bicyclic) bond motifs is 3. The van der Waals surface area contributed by atoms with E-state index >= 15 is 0 Å². The molecule has 1 aromatic carbocycles. The van der Waals surface area contributed by atoms with Gasteiger partial charge in [-0.25, -0.2) is 4.98 Å². The zero-order chi connectivity index (χ0) is 11.3. The molecule has 0 aliphatic rings. The van der Waals surface area contributed by atoms with Crippen molar-refractivity contribution < 1.29 is 0 Å². The fourth-order valence-corrected chi connectivity index (χ4v) is 2.19. The van der Waals surface area contributed by atoms with Gasteiger partial charge in [-0.1, -0.05) is 17.6 Å². The van der Waals surface area contributed by atoms with Gasteiger partial charge in [-0.05, 0) is 31.0 Å². The van der Waals surface area contributed by atoms with Gasteiger partial charge < -0.3 is 4.98 Å². The van der Waals surface area contributed by atoms with Crippen molar-refractivity contribution >= 4 is 35.2 Å². The number of hydrogen-bond acceptors (Lipinski definition) is 1. The van der Waals surface area contributed by atoms with E-state index in [2.05, 4.69) is 23.0 Å². The fourth-order valence-electron chi connectivity index (χ4n) is 2.19. The van der Waals surface area contributed by atoms with Crippen molar-refractivity contribution in [1.82, 2.24) is 9.97 Å². The molecular formula is C13H11BN2. The molecule has 0 unspecified atom stereocenters. The summed E-state index contributed by atoms with van der Waals surface area (Å²) in [7, 11) is 5.88. The monoisotopic (exact) mass is 206 g/mol. The fraction of sp³-hybridized carbons (Fsp3) is 0.154. The van der Waals surface area contributed by atoms with Gasteiger partial charge >= 0.3 is 0 Å². The standard InChI is InChI=1S/C13H11BN2/c1-7-3-11-10-5-9(14)4-8(2)12(10)16-13(11)15-6-7/h3-6H,1-2H3,(H,15,16). The molecule has 0 aliphatic carbocycles. The summed E-state index contributed by atoms with van der Waals surface area (Å²) in [5.41, 5.74) is 5.17. The summed E-state index contributed by atoms with van der Waals surface area (Å²) in [4.78, 5) is 7.73. The van der Waals surface area contributed by atoms with Crippen LogP contribution in [0.3, 0.4) is 0 Å². The number of pyridine rings is 1. The summed E-state index contributed by atoms with van der Waals surface area (Å²) in [5.74, 6) is 0. The van der Waals surface area contributed by atoms with E-state index in [1.54, 1.807) is 0 Å². The van der Waals surface area contributed by atoms with E-state index in [4.69, 9.17) is 7.85 Å². The lowest BCUT2D eigenvalue weighted by Crippen LogP contribution is -2.01. The first-order chi connectivity index (χ1) is 7.65. The van der Waals surface area contributed by atoms with Gasteiger partial charge in [0.25, 0.3) is 0 Å². The van der Waals surface area contributed by atoms with Crippen LogP contribution in [0.15, 0.2) is 24.4 Å². The lowest BCUT2D eigenvalue weighted by atomic mass is 9.92. The van der Waals surface area contributed by atoms with E-state index in [1.807, 2.05) is 25.3 Å². The molecule has 0 saturated carbocycles. The van der Waals surface area contributed by atoms with Crippen molar-refractivity contribution in [2.75, 3.05) is 0 Å². The molecule has 2 radical (unpaired) electrons. The minimum Gasteiger partial charge on any atom is -0.339 e. The van der Waals surface area contributed by atoms with Crippen LogP contribution >= 0.6 is 0 Å². The Morgan fingerprint density at radius 2 is 1.94 bits per heavy atom. The highest BCUT2D eigenvalue weighted by Gasteiger charge is 2.07. The third kappa shape index (κ3) is 1.24. The Balaban J connectivity index is 2.57. The van der Waals surface area contributed by atoms with E-state index in [-0.39, 0.29) is 0 Å². The Morgan fingerprint density at radius 3 is 2.75 bits per heavy atom. The number of aromatic nitrogens is 2. The van der Waals surface area contributed by atoms with Crippen LogP contribution in [0.5, 0.6) is 0 Å². The minimum atomic E-state index is 0.799. The third-order valence-electron chi connectivity index (χ3n) is 2.92. The maximum Gasteiger partial charge on any atom is 0.138 e. The Labute approximate surface area is 95.1 Å². The van der Waals surface area contributed by atoms with E-state index < -0.39 is 0 Å². The summed E-state index contributed by atoms with van der Waals surface area (Å²) >= 11 is 0. The molecule has 0 fully saturated rings. The molecule has 0 aliphatic heterocycles. The Bertz CT molecular complexity index is 698. The number of nitrogens with zero attached hydrogens (tertiary/aromatic N) is 1. The highest BCUT2D eigenvalue weighted by atomic mass is 14.8. The van der Waals surface area contributed by atoms with Crippen molar-refractivity contribution in [2.24, 2.45) is 0 Å². The zero-order valence-corrected chi connectivity index (χ0v) is 9.33. The number of rotatable bonds is 0. The second kappa shape index (κ2) is 3.11. The molecule has 3 heteroatoms. The molecule has 3 rings (SSSR count). The van der Waals surface area contributed by atoms with Gasteiger partial charge in [0, 0.05) is 17.0 Å². The van der Waals surface area contributed by atoms with Crippen molar-refractivity contribution in [2.45, 2.75) is 13.8 Å². The van der Waals surface area contributed by atoms with Crippen LogP contribution in [0.1, 0.15) is 11.1 Å². The quantitative estimate of drug-likeness (QED) is 0.560. The molecular weight excluding hydrogens is 195 g/mol. The molecule has 0 atom stereocenters. The van der Waals surface area contributed by atoms with E-state index in [9.17, 15) is 0 Å². The largest absolute Gasteiger partial charge is 0.339 e. The summed E-state index contributed by atoms with van der Waals surface area (Å²) in [6.07, 6.45) is 1.87. The van der Waals surface area contributed by atoms with Crippen molar-refractivity contribution in [3.8, 4) is 0 Å². The summed E-state index contributed by atoms with van der Waals surface area (Å²) in [6.45, 7) is 4.10.